The number of rotatable bonds is 6. The third-order valence-electron chi connectivity index (χ3n) is 6.60. The number of nitrogens with two attached hydrogens (primary N) is 1. The van der Waals surface area contributed by atoms with Crippen molar-refractivity contribution in [3.63, 3.8) is 0 Å². The normalized spacial score (nSPS) is 20.7. The molecule has 0 spiro atoms. The lowest BCUT2D eigenvalue weighted by Crippen LogP contribution is -2.33. The van der Waals surface area contributed by atoms with Gasteiger partial charge in [-0.05, 0) is 62.8 Å². The van der Waals surface area contributed by atoms with Crippen LogP contribution in [0.25, 0.3) is 11.2 Å². The smallest absolute Gasteiger partial charge is 0.227 e. The zero-order valence-electron chi connectivity index (χ0n) is 18.9. The largest absolute Gasteiger partial charge is 0.497 e. The summed E-state index contributed by atoms with van der Waals surface area (Å²) in [4.78, 5) is 14.4. The molecule has 2 aliphatic rings. The highest BCUT2D eigenvalue weighted by atomic mass is 35.5. The Labute approximate surface area is 206 Å². The van der Waals surface area contributed by atoms with Crippen molar-refractivity contribution in [2.45, 2.75) is 69.5 Å². The van der Waals surface area contributed by atoms with Crippen LogP contribution in [-0.2, 0) is 0 Å². The van der Waals surface area contributed by atoms with Gasteiger partial charge in [-0.25, -0.2) is 4.98 Å². The molecule has 0 amide bonds. The molecule has 33 heavy (non-hydrogen) atoms. The first-order chi connectivity index (χ1) is 15.2. The lowest BCUT2D eigenvalue weighted by atomic mass is 9.92. The summed E-state index contributed by atoms with van der Waals surface area (Å²) in [7, 11) is 1.67. The number of hydrogen-bond acceptors (Lipinski definition) is 7. The highest BCUT2D eigenvalue weighted by Crippen LogP contribution is 2.34. The average Bonchev–Trinajstić information content (AvgIpc) is 3.46. The minimum atomic E-state index is 0. The SMILES string of the molecule is COc1ccc(Nc2nc(N[C@H]3CC[C@H](N)CC3)nc3c2ncn3C2CCCC2)cc1.Cl.Cl. The molecule has 2 saturated carbocycles. The first-order valence-electron chi connectivity index (χ1n) is 11.4. The summed E-state index contributed by atoms with van der Waals surface area (Å²) < 4.78 is 7.51. The van der Waals surface area contributed by atoms with Gasteiger partial charge in [-0.2, -0.15) is 9.97 Å². The Hall–Kier alpha value is -2.29. The molecule has 0 bridgehead atoms. The Morgan fingerprint density at radius 2 is 1.67 bits per heavy atom. The lowest BCUT2D eigenvalue weighted by Gasteiger charge is -2.27. The fraction of sp³-hybridized carbons (Fsp3) is 0.522. The number of nitrogens with one attached hydrogen (secondary N) is 2. The van der Waals surface area contributed by atoms with Gasteiger partial charge in [-0.3, -0.25) is 0 Å². The molecule has 2 fully saturated rings. The van der Waals surface area contributed by atoms with Crippen molar-refractivity contribution < 1.29 is 4.74 Å². The molecule has 10 heteroatoms. The first kappa shape index (κ1) is 25.3. The summed E-state index contributed by atoms with van der Waals surface area (Å²) in [6, 6.07) is 8.97. The number of hydrogen-bond donors (Lipinski definition) is 3. The van der Waals surface area contributed by atoms with Crippen LogP contribution in [-0.4, -0.2) is 38.7 Å². The number of nitrogens with zero attached hydrogens (tertiary/aromatic N) is 4. The van der Waals surface area contributed by atoms with E-state index in [4.69, 9.17) is 25.4 Å². The van der Waals surface area contributed by atoms with Crippen molar-refractivity contribution in [1.29, 1.82) is 0 Å². The summed E-state index contributed by atoms with van der Waals surface area (Å²) in [5, 5.41) is 7.01. The number of halogens is 2. The zero-order valence-corrected chi connectivity index (χ0v) is 20.5. The van der Waals surface area contributed by atoms with Gasteiger partial charge in [-0.1, -0.05) is 12.8 Å². The van der Waals surface area contributed by atoms with Crippen molar-refractivity contribution in [1.82, 2.24) is 19.5 Å². The lowest BCUT2D eigenvalue weighted by molar-refractivity contribution is 0.410. The molecule has 3 aromatic rings. The number of methoxy groups -OCH3 is 1. The fourth-order valence-electron chi connectivity index (χ4n) is 4.78. The van der Waals surface area contributed by atoms with Crippen LogP contribution < -0.4 is 21.1 Å². The third-order valence-corrected chi connectivity index (χ3v) is 6.60. The molecule has 1 aromatic carbocycles. The maximum absolute atomic E-state index is 6.08. The van der Waals surface area contributed by atoms with Gasteiger partial charge < -0.3 is 25.7 Å². The molecule has 5 rings (SSSR count). The number of fused-ring (bicyclic) bond motifs is 1. The molecule has 2 aromatic heterocycles. The molecule has 2 heterocycles. The van der Waals surface area contributed by atoms with Gasteiger partial charge in [0.05, 0.1) is 13.4 Å². The minimum Gasteiger partial charge on any atom is -0.497 e. The molecule has 4 N–H and O–H groups in total. The van der Waals surface area contributed by atoms with Crippen molar-refractivity contribution in [2.24, 2.45) is 5.73 Å². The standard InChI is InChI=1S/C23H31N7O.2ClH/c1-31-19-12-10-16(11-13-19)26-21-20-22(30(14-25-20)18-4-2-3-5-18)29-23(28-21)27-17-8-6-15(24)7-9-17;;/h10-15,17-18H,2-9,24H2,1H3,(H2,26,27,28,29);2*1H/t15-,17-;;. The molecule has 0 unspecified atom stereocenters. The maximum Gasteiger partial charge on any atom is 0.227 e. The second kappa shape index (κ2) is 11.2. The van der Waals surface area contributed by atoms with E-state index in [2.05, 4.69) is 15.2 Å². The van der Waals surface area contributed by atoms with Crippen LogP contribution in [0.15, 0.2) is 30.6 Å². The van der Waals surface area contributed by atoms with E-state index in [1.807, 2.05) is 30.6 Å². The van der Waals surface area contributed by atoms with Gasteiger partial charge in [0.1, 0.15) is 5.75 Å². The highest BCUT2D eigenvalue weighted by Gasteiger charge is 2.24. The van der Waals surface area contributed by atoms with Gasteiger partial charge in [0.2, 0.25) is 5.95 Å². The predicted octanol–water partition coefficient (Wildman–Crippen LogP) is 5.22. The second-order valence-electron chi connectivity index (χ2n) is 8.77. The fourth-order valence-corrected chi connectivity index (χ4v) is 4.78. The quantitative estimate of drug-likeness (QED) is 0.432. The summed E-state index contributed by atoms with van der Waals surface area (Å²) >= 11 is 0. The summed E-state index contributed by atoms with van der Waals surface area (Å²) in [5.74, 6) is 2.20. The van der Waals surface area contributed by atoms with E-state index in [-0.39, 0.29) is 24.8 Å². The van der Waals surface area contributed by atoms with Crippen molar-refractivity contribution in [3.05, 3.63) is 30.6 Å². The number of imidazole rings is 1. The van der Waals surface area contributed by atoms with Crippen LogP contribution in [0.5, 0.6) is 5.75 Å². The van der Waals surface area contributed by atoms with E-state index >= 15 is 0 Å². The number of ether oxygens (including phenoxy) is 1. The van der Waals surface area contributed by atoms with E-state index in [0.717, 1.165) is 54.1 Å². The first-order valence-corrected chi connectivity index (χ1v) is 11.4. The maximum atomic E-state index is 6.08. The highest BCUT2D eigenvalue weighted by molar-refractivity contribution is 5.87. The Bertz CT molecular complexity index is 1030. The van der Waals surface area contributed by atoms with Crippen LogP contribution in [0.3, 0.4) is 0 Å². The topological polar surface area (TPSA) is 103 Å². The van der Waals surface area contributed by atoms with Crippen LogP contribution >= 0.6 is 24.8 Å². The van der Waals surface area contributed by atoms with Gasteiger partial charge in [0.25, 0.3) is 0 Å². The van der Waals surface area contributed by atoms with Crippen LogP contribution in [0.4, 0.5) is 17.5 Å². The number of benzene rings is 1. The summed E-state index contributed by atoms with van der Waals surface area (Å²) in [6.45, 7) is 0. The van der Waals surface area contributed by atoms with Crippen molar-refractivity contribution in [3.8, 4) is 5.75 Å². The van der Waals surface area contributed by atoms with E-state index < -0.39 is 0 Å². The van der Waals surface area contributed by atoms with Crippen LogP contribution in [0.1, 0.15) is 57.4 Å². The summed E-state index contributed by atoms with van der Waals surface area (Å²) in [6.07, 6.45) is 11.0. The molecular weight excluding hydrogens is 461 g/mol. The van der Waals surface area contributed by atoms with E-state index in [1.165, 1.54) is 25.7 Å². The number of aromatic nitrogens is 4. The molecule has 0 saturated heterocycles. The monoisotopic (exact) mass is 493 g/mol. The number of anilines is 3. The van der Waals surface area contributed by atoms with E-state index in [0.29, 0.717) is 24.1 Å². The molecule has 0 aliphatic heterocycles. The van der Waals surface area contributed by atoms with Crippen LogP contribution in [0.2, 0.25) is 0 Å². The molecule has 0 atom stereocenters. The summed E-state index contributed by atoms with van der Waals surface area (Å²) in [5.41, 5.74) is 8.72. The van der Waals surface area contributed by atoms with Crippen molar-refractivity contribution >= 4 is 53.4 Å². The molecule has 0 radical (unpaired) electrons. The molecule has 8 nitrogen and oxygen atoms in total. The minimum absolute atomic E-state index is 0. The van der Waals surface area contributed by atoms with Crippen LogP contribution in [0, 0.1) is 0 Å². The Balaban J connectivity index is 0.00000153. The Morgan fingerprint density at radius 3 is 2.33 bits per heavy atom. The predicted molar refractivity (Wildman–Crippen MR) is 137 cm³/mol. The average molecular weight is 494 g/mol. The van der Waals surface area contributed by atoms with E-state index in [9.17, 15) is 0 Å². The van der Waals surface area contributed by atoms with Gasteiger partial charge in [0, 0.05) is 23.8 Å². The van der Waals surface area contributed by atoms with Gasteiger partial charge in [-0.15, -0.1) is 24.8 Å². The molecule has 180 valence electrons. The van der Waals surface area contributed by atoms with Gasteiger partial charge in [0.15, 0.2) is 17.0 Å². The van der Waals surface area contributed by atoms with Crippen molar-refractivity contribution in [2.75, 3.05) is 17.7 Å². The molecule has 2 aliphatic carbocycles. The second-order valence-corrected chi connectivity index (χ2v) is 8.77. The zero-order chi connectivity index (χ0) is 21.2. The molecular formula is C23H33Cl2N7O. The van der Waals surface area contributed by atoms with Gasteiger partial charge >= 0.3 is 0 Å². The third kappa shape index (κ3) is 5.62. The Morgan fingerprint density at radius 1 is 0.970 bits per heavy atom. The van der Waals surface area contributed by atoms with E-state index in [1.54, 1.807) is 7.11 Å². The Kier molecular flexibility index (Phi) is 8.62.